The molecule has 3 aromatic rings. The fourth-order valence-corrected chi connectivity index (χ4v) is 4.56. The molecule has 0 bridgehead atoms. The lowest BCUT2D eigenvalue weighted by molar-refractivity contribution is -0.121. The maximum atomic E-state index is 14.8. The third-order valence-electron chi connectivity index (χ3n) is 6.57. The van der Waals surface area contributed by atoms with Crippen molar-refractivity contribution in [2.45, 2.75) is 37.3 Å². The number of amides is 2. The number of carbonyl (C=O) groups is 3. The number of carboxylic acid groups (broad SMARTS) is 1. The minimum absolute atomic E-state index is 0.0242. The monoisotopic (exact) mass is 523 g/mol. The molecule has 2 unspecified atom stereocenters. The number of pyridine rings is 1. The summed E-state index contributed by atoms with van der Waals surface area (Å²) in [6.07, 6.45) is 1.60. The van der Waals surface area contributed by atoms with E-state index < -0.39 is 24.1 Å². The molecule has 1 fully saturated rings. The van der Waals surface area contributed by atoms with E-state index in [1.54, 1.807) is 12.1 Å². The van der Waals surface area contributed by atoms with Crippen molar-refractivity contribution in [3.63, 3.8) is 0 Å². The highest BCUT2D eigenvalue weighted by Gasteiger charge is 2.32. The van der Waals surface area contributed by atoms with Crippen LogP contribution in [0.3, 0.4) is 0 Å². The molecule has 198 valence electrons. The van der Waals surface area contributed by atoms with Gasteiger partial charge in [0.2, 0.25) is 5.91 Å². The summed E-state index contributed by atoms with van der Waals surface area (Å²) in [6.45, 7) is -0.100. The molecule has 2 amide bonds. The average Bonchev–Trinajstić information content (AvgIpc) is 2.92. The first kappa shape index (κ1) is 26.9. The summed E-state index contributed by atoms with van der Waals surface area (Å²) in [4.78, 5) is 40.6. The Morgan fingerprint density at radius 1 is 1.11 bits per heavy atom. The highest BCUT2D eigenvalue weighted by molar-refractivity contribution is 5.92. The van der Waals surface area contributed by atoms with Gasteiger partial charge >= 0.3 is 6.09 Å². The number of rotatable bonds is 9. The normalized spacial score (nSPS) is 18.0. The second-order valence-corrected chi connectivity index (χ2v) is 9.05. The number of nitrogens with one attached hydrogen (secondary N) is 1. The van der Waals surface area contributed by atoms with Gasteiger partial charge in [-0.15, -0.1) is 0 Å². The van der Waals surface area contributed by atoms with E-state index in [1.165, 1.54) is 18.3 Å². The van der Waals surface area contributed by atoms with E-state index in [4.69, 9.17) is 4.74 Å². The van der Waals surface area contributed by atoms with Crippen molar-refractivity contribution in [1.29, 1.82) is 0 Å². The number of hydrogen-bond acceptors (Lipinski definition) is 5. The Morgan fingerprint density at radius 2 is 1.82 bits per heavy atom. The fraction of sp³-hybridized carbons (Fsp3) is 0.286. The van der Waals surface area contributed by atoms with Gasteiger partial charge in [0.1, 0.15) is 24.0 Å². The number of hydrogen-bond donors (Lipinski definition) is 2. The minimum atomic E-state index is -1.23. The summed E-state index contributed by atoms with van der Waals surface area (Å²) in [5.74, 6) is -1.73. The van der Waals surface area contributed by atoms with Crippen LogP contribution in [-0.4, -0.2) is 58.6 Å². The number of carbonyl (C=O) groups excluding carboxylic acids is 2. The van der Waals surface area contributed by atoms with Gasteiger partial charge in [0, 0.05) is 17.9 Å². The van der Waals surface area contributed by atoms with Gasteiger partial charge in [0.25, 0.3) is 0 Å². The molecule has 0 saturated carbocycles. The van der Waals surface area contributed by atoms with E-state index in [0.717, 1.165) is 22.2 Å². The van der Waals surface area contributed by atoms with Crippen LogP contribution in [0.2, 0.25) is 0 Å². The van der Waals surface area contributed by atoms with Gasteiger partial charge in [-0.2, -0.15) is 0 Å². The van der Waals surface area contributed by atoms with Crippen LogP contribution in [0.1, 0.15) is 35.4 Å². The van der Waals surface area contributed by atoms with Crippen molar-refractivity contribution in [3.05, 3.63) is 95.3 Å². The Hall–Kier alpha value is -4.18. The molecule has 1 aromatic heterocycles. The maximum absolute atomic E-state index is 14.8. The maximum Gasteiger partial charge on any atom is 0.408 e. The molecule has 0 radical (unpaired) electrons. The van der Waals surface area contributed by atoms with Crippen LogP contribution in [0.25, 0.3) is 0 Å². The molecule has 2 heterocycles. The molecular formula is C28H27F2N3O5. The van der Waals surface area contributed by atoms with E-state index in [2.05, 4.69) is 10.3 Å². The number of anilines is 1. The predicted molar refractivity (Wildman–Crippen MR) is 135 cm³/mol. The molecule has 4 rings (SSSR count). The Morgan fingerprint density at radius 3 is 2.50 bits per heavy atom. The average molecular weight is 524 g/mol. The van der Waals surface area contributed by atoms with Crippen molar-refractivity contribution < 1.29 is 33.0 Å². The topological polar surface area (TPSA) is 109 Å². The Bertz CT molecular complexity index is 1270. The van der Waals surface area contributed by atoms with E-state index in [0.29, 0.717) is 6.29 Å². The largest absolute Gasteiger partial charge is 0.465 e. The lowest BCUT2D eigenvalue weighted by Crippen LogP contribution is -2.52. The molecule has 0 spiro atoms. The number of ether oxygens (including phenoxy) is 1. The quantitative estimate of drug-likeness (QED) is 0.403. The molecule has 1 saturated heterocycles. The number of nitrogens with zero attached hydrogens (tertiary/aromatic N) is 2. The Labute approximate surface area is 218 Å². The number of benzene rings is 2. The Kier molecular flexibility index (Phi) is 8.75. The lowest BCUT2D eigenvalue weighted by Gasteiger charge is -2.35. The van der Waals surface area contributed by atoms with Gasteiger partial charge in [0.15, 0.2) is 0 Å². The van der Waals surface area contributed by atoms with Crippen molar-refractivity contribution in [1.82, 2.24) is 9.88 Å². The molecule has 2 aromatic carbocycles. The summed E-state index contributed by atoms with van der Waals surface area (Å²) in [5, 5.41) is 12.1. The smallest absolute Gasteiger partial charge is 0.408 e. The van der Waals surface area contributed by atoms with Gasteiger partial charge in [-0.25, -0.2) is 13.6 Å². The van der Waals surface area contributed by atoms with Gasteiger partial charge in [-0.3, -0.25) is 14.7 Å². The van der Waals surface area contributed by atoms with Gasteiger partial charge < -0.3 is 20.0 Å². The summed E-state index contributed by atoms with van der Waals surface area (Å²) >= 11 is 0. The first-order valence-corrected chi connectivity index (χ1v) is 12.1. The van der Waals surface area contributed by atoms with E-state index in [9.17, 15) is 28.3 Å². The third-order valence-corrected chi connectivity index (χ3v) is 6.57. The van der Waals surface area contributed by atoms with Crippen LogP contribution in [-0.2, 0) is 20.7 Å². The van der Waals surface area contributed by atoms with Crippen LogP contribution in [0.4, 0.5) is 19.3 Å². The van der Waals surface area contributed by atoms with Crippen LogP contribution in [0.15, 0.2) is 67.0 Å². The summed E-state index contributed by atoms with van der Waals surface area (Å²) < 4.78 is 33.9. The van der Waals surface area contributed by atoms with E-state index >= 15 is 0 Å². The number of morpholine rings is 1. The van der Waals surface area contributed by atoms with Crippen molar-refractivity contribution in [3.8, 4) is 0 Å². The van der Waals surface area contributed by atoms with Gasteiger partial charge in [0.05, 0.1) is 37.3 Å². The second kappa shape index (κ2) is 12.4. The third kappa shape index (κ3) is 6.57. The van der Waals surface area contributed by atoms with E-state index in [-0.39, 0.29) is 61.3 Å². The zero-order valence-electron chi connectivity index (χ0n) is 20.4. The van der Waals surface area contributed by atoms with Crippen molar-refractivity contribution in [2.24, 2.45) is 0 Å². The molecule has 38 heavy (non-hydrogen) atoms. The van der Waals surface area contributed by atoms with Crippen molar-refractivity contribution >= 4 is 24.0 Å². The second-order valence-electron chi connectivity index (χ2n) is 9.05. The van der Waals surface area contributed by atoms with Crippen LogP contribution >= 0.6 is 0 Å². The van der Waals surface area contributed by atoms with E-state index in [1.807, 2.05) is 30.3 Å². The highest BCUT2D eigenvalue weighted by atomic mass is 19.1. The molecule has 1 aliphatic rings. The fourth-order valence-electron chi connectivity index (χ4n) is 4.56. The highest BCUT2D eigenvalue weighted by Crippen LogP contribution is 2.29. The predicted octanol–water partition coefficient (Wildman–Crippen LogP) is 4.40. The molecule has 8 nitrogen and oxygen atoms in total. The lowest BCUT2D eigenvalue weighted by atomic mass is 9.88. The minimum Gasteiger partial charge on any atom is -0.465 e. The van der Waals surface area contributed by atoms with Crippen LogP contribution in [0.5, 0.6) is 0 Å². The van der Waals surface area contributed by atoms with Gasteiger partial charge in [-0.1, -0.05) is 42.5 Å². The summed E-state index contributed by atoms with van der Waals surface area (Å²) in [6, 6.07) is 14.4. The zero-order valence-corrected chi connectivity index (χ0v) is 20.4. The number of aldehydes is 1. The molecular weight excluding hydrogens is 496 g/mol. The standard InChI is InChI=1S/C28H27F2N3O5/c29-20-8-6-19(7-9-20)24(18-4-2-1-3-5-18)12-27(35)32-26-14-31-13-25(30)23(26)11-10-22-15-33(28(36)37)21(16-34)17-38-22/h1-9,13-14,16,21-22,24H,10-12,15,17H2,(H,32,35)(H,36,37)/t21?,22?,24-/m1/s1. The van der Waals surface area contributed by atoms with Crippen LogP contribution in [0, 0.1) is 11.6 Å². The molecule has 0 aliphatic carbocycles. The van der Waals surface area contributed by atoms with Crippen molar-refractivity contribution in [2.75, 3.05) is 18.5 Å². The molecule has 10 heteroatoms. The first-order valence-electron chi connectivity index (χ1n) is 12.1. The Balaban J connectivity index is 1.47. The molecule has 3 atom stereocenters. The molecule has 2 N–H and O–H groups in total. The SMILES string of the molecule is O=CC1COC(CCc2c(F)cncc2NC(=O)C[C@H](c2ccccc2)c2ccc(F)cc2)CN1C(=O)O. The number of halogens is 2. The zero-order chi connectivity index (χ0) is 27.1. The van der Waals surface area contributed by atoms with Crippen LogP contribution < -0.4 is 5.32 Å². The summed E-state index contributed by atoms with van der Waals surface area (Å²) in [5.41, 5.74) is 2.06. The first-order chi connectivity index (χ1) is 18.4. The summed E-state index contributed by atoms with van der Waals surface area (Å²) in [7, 11) is 0. The van der Waals surface area contributed by atoms with Gasteiger partial charge in [-0.05, 0) is 36.1 Å². The number of aromatic nitrogens is 1. The molecule has 1 aliphatic heterocycles.